The number of halogens is 1. The Labute approximate surface area is 173 Å². The normalized spacial score (nSPS) is 10.7. The molecule has 1 N–H and O–H groups in total. The molecule has 0 spiro atoms. The lowest BCUT2D eigenvalue weighted by Gasteiger charge is -2.12. The van der Waals surface area contributed by atoms with E-state index in [-0.39, 0.29) is 5.91 Å². The van der Waals surface area contributed by atoms with Crippen molar-refractivity contribution in [3.8, 4) is 5.75 Å². The second-order valence-electron chi connectivity index (χ2n) is 6.64. The molecule has 0 unspecified atom stereocenters. The molecule has 0 fully saturated rings. The van der Waals surface area contributed by atoms with Gasteiger partial charge in [-0.3, -0.25) is 9.48 Å². The van der Waals surface area contributed by atoms with Gasteiger partial charge in [0.25, 0.3) is 5.91 Å². The van der Waals surface area contributed by atoms with Gasteiger partial charge in [0.15, 0.2) is 0 Å². The predicted octanol–water partition coefficient (Wildman–Crippen LogP) is 4.79. The fourth-order valence-corrected chi connectivity index (χ4v) is 3.47. The van der Waals surface area contributed by atoms with E-state index in [1.165, 1.54) is 0 Å². The molecule has 0 saturated carbocycles. The maximum atomic E-state index is 12.4. The van der Waals surface area contributed by atoms with E-state index in [1.807, 2.05) is 67.9 Å². The average molecular weight is 442 g/mol. The van der Waals surface area contributed by atoms with Gasteiger partial charge in [0.2, 0.25) is 0 Å². The molecule has 0 radical (unpaired) electrons. The maximum Gasteiger partial charge on any atom is 0.251 e. The van der Waals surface area contributed by atoms with E-state index in [2.05, 4.69) is 26.3 Å². The Kier molecular flexibility index (Phi) is 6.52. The van der Waals surface area contributed by atoms with Crippen LogP contribution in [0.4, 0.5) is 0 Å². The van der Waals surface area contributed by atoms with Crippen LogP contribution in [0.25, 0.3) is 0 Å². The summed E-state index contributed by atoms with van der Waals surface area (Å²) in [7, 11) is 0. The molecule has 3 rings (SSSR count). The van der Waals surface area contributed by atoms with Crippen LogP contribution in [0.1, 0.15) is 39.7 Å². The zero-order valence-electron chi connectivity index (χ0n) is 16.3. The van der Waals surface area contributed by atoms with Crippen molar-refractivity contribution in [3.05, 3.63) is 81.1 Å². The second-order valence-corrected chi connectivity index (χ2v) is 7.50. The minimum Gasteiger partial charge on any atom is -0.488 e. The number of hydrogen-bond acceptors (Lipinski definition) is 3. The number of aryl methyl sites for hydroxylation is 3. The van der Waals surface area contributed by atoms with Gasteiger partial charge in [-0.15, -0.1) is 0 Å². The van der Waals surface area contributed by atoms with Crippen LogP contribution in [-0.4, -0.2) is 15.7 Å². The summed E-state index contributed by atoms with van der Waals surface area (Å²) in [5.41, 5.74) is 4.83. The van der Waals surface area contributed by atoms with Crippen molar-refractivity contribution in [1.82, 2.24) is 15.1 Å². The molecule has 1 heterocycles. The highest BCUT2D eigenvalue weighted by Gasteiger charge is 2.11. The zero-order chi connectivity index (χ0) is 20.1. The zero-order valence-corrected chi connectivity index (χ0v) is 17.9. The van der Waals surface area contributed by atoms with Crippen molar-refractivity contribution in [2.45, 2.75) is 40.5 Å². The van der Waals surface area contributed by atoms with Gasteiger partial charge in [-0.05, 0) is 65.5 Å². The summed E-state index contributed by atoms with van der Waals surface area (Å²) in [6.45, 7) is 7.74. The molecule has 3 aromatic rings. The van der Waals surface area contributed by atoms with Crippen LogP contribution in [0.5, 0.6) is 5.75 Å². The van der Waals surface area contributed by atoms with Crippen molar-refractivity contribution in [2.24, 2.45) is 0 Å². The summed E-state index contributed by atoms with van der Waals surface area (Å²) in [5, 5.41) is 7.21. The fourth-order valence-electron chi connectivity index (χ4n) is 3.04. The smallest absolute Gasteiger partial charge is 0.251 e. The molecular formula is C22H24BrN3O2. The Morgan fingerprint density at radius 2 is 1.82 bits per heavy atom. The monoisotopic (exact) mass is 441 g/mol. The van der Waals surface area contributed by atoms with Gasteiger partial charge in [0.05, 0.1) is 22.9 Å². The number of aromatic nitrogens is 2. The Bertz CT molecular complexity index is 944. The number of carbonyl (C=O) groups excluding carboxylic acids is 1. The summed E-state index contributed by atoms with van der Waals surface area (Å²) in [6.07, 6.45) is 1.75. The first-order valence-electron chi connectivity index (χ1n) is 9.26. The molecule has 0 bridgehead atoms. The Balaban J connectivity index is 1.59. The van der Waals surface area contributed by atoms with E-state index < -0.39 is 0 Å². The van der Waals surface area contributed by atoms with Crippen LogP contribution in [0.15, 0.2) is 53.1 Å². The topological polar surface area (TPSA) is 56.2 Å². The number of rotatable bonds is 7. The Morgan fingerprint density at radius 3 is 2.46 bits per heavy atom. The third-order valence-electron chi connectivity index (χ3n) is 4.62. The highest BCUT2D eigenvalue weighted by Crippen LogP contribution is 2.23. The molecule has 146 valence electrons. The van der Waals surface area contributed by atoms with E-state index in [9.17, 15) is 4.79 Å². The van der Waals surface area contributed by atoms with Crippen molar-refractivity contribution in [2.75, 3.05) is 0 Å². The minimum atomic E-state index is -0.113. The highest BCUT2D eigenvalue weighted by molar-refractivity contribution is 9.10. The molecule has 0 saturated heterocycles. The number of amides is 1. The number of para-hydroxylation sites is 1. The van der Waals surface area contributed by atoms with Crippen LogP contribution in [0, 0.1) is 13.8 Å². The lowest BCUT2D eigenvalue weighted by atomic mass is 10.1. The summed E-state index contributed by atoms with van der Waals surface area (Å²) in [5.74, 6) is 0.806. The highest BCUT2D eigenvalue weighted by atomic mass is 79.9. The van der Waals surface area contributed by atoms with E-state index in [0.29, 0.717) is 18.7 Å². The van der Waals surface area contributed by atoms with E-state index >= 15 is 0 Å². The molecule has 0 aliphatic rings. The summed E-state index contributed by atoms with van der Waals surface area (Å²) in [6, 6.07) is 13.6. The maximum absolute atomic E-state index is 12.4. The molecule has 1 amide bonds. The van der Waals surface area contributed by atoms with Gasteiger partial charge in [0, 0.05) is 12.1 Å². The summed E-state index contributed by atoms with van der Waals surface area (Å²) < 4.78 is 8.73. The quantitative estimate of drug-likeness (QED) is 0.573. The van der Waals surface area contributed by atoms with E-state index in [0.717, 1.165) is 39.2 Å². The fraction of sp³-hybridized carbons (Fsp3) is 0.273. The van der Waals surface area contributed by atoms with Crippen molar-refractivity contribution < 1.29 is 9.53 Å². The Hall–Kier alpha value is -2.60. The number of nitrogens with zero attached hydrogens (tertiary/aromatic N) is 2. The molecular weight excluding hydrogens is 418 g/mol. The van der Waals surface area contributed by atoms with Crippen LogP contribution < -0.4 is 10.1 Å². The van der Waals surface area contributed by atoms with Crippen molar-refractivity contribution in [1.29, 1.82) is 0 Å². The van der Waals surface area contributed by atoms with E-state index in [1.54, 1.807) is 6.20 Å². The summed E-state index contributed by atoms with van der Waals surface area (Å²) >= 11 is 3.47. The lowest BCUT2D eigenvalue weighted by Crippen LogP contribution is -2.24. The van der Waals surface area contributed by atoms with Crippen LogP contribution in [0.3, 0.4) is 0 Å². The molecule has 0 atom stereocenters. The molecule has 6 heteroatoms. The van der Waals surface area contributed by atoms with Gasteiger partial charge in [-0.2, -0.15) is 5.10 Å². The van der Waals surface area contributed by atoms with Gasteiger partial charge >= 0.3 is 0 Å². The lowest BCUT2D eigenvalue weighted by molar-refractivity contribution is 0.0949. The molecule has 0 aliphatic carbocycles. The molecule has 1 aromatic heterocycles. The number of benzene rings is 2. The number of nitrogens with one attached hydrogen (secondary N) is 1. The first-order valence-corrected chi connectivity index (χ1v) is 10.0. The largest absolute Gasteiger partial charge is 0.488 e. The molecule has 0 aliphatic heterocycles. The summed E-state index contributed by atoms with van der Waals surface area (Å²) in [4.78, 5) is 12.4. The number of hydrogen-bond donors (Lipinski definition) is 1. The third-order valence-corrected chi connectivity index (χ3v) is 5.28. The number of carbonyl (C=O) groups is 1. The minimum absolute atomic E-state index is 0.113. The number of ether oxygens (including phenoxy) is 1. The predicted molar refractivity (Wildman–Crippen MR) is 113 cm³/mol. The second kappa shape index (κ2) is 9.06. The first-order chi connectivity index (χ1) is 13.5. The SMILES string of the molecule is CCn1ncc(Br)c1CNC(=O)c1ccc(COc2c(C)cccc2C)cc1. The van der Waals surface area contributed by atoms with Crippen LogP contribution in [0.2, 0.25) is 0 Å². The van der Waals surface area contributed by atoms with Gasteiger partial charge in [-0.1, -0.05) is 30.3 Å². The Morgan fingerprint density at radius 1 is 1.14 bits per heavy atom. The molecule has 5 nitrogen and oxygen atoms in total. The van der Waals surface area contributed by atoms with Gasteiger partial charge < -0.3 is 10.1 Å². The standard InChI is InChI=1S/C22H24BrN3O2/c1-4-26-20(19(23)12-25-26)13-24-22(27)18-10-8-17(9-11-18)14-28-21-15(2)6-5-7-16(21)3/h5-12H,4,13-14H2,1-3H3,(H,24,27). The first kappa shape index (κ1) is 20.1. The third kappa shape index (κ3) is 4.62. The van der Waals surface area contributed by atoms with Gasteiger partial charge in [0.1, 0.15) is 12.4 Å². The molecule has 2 aromatic carbocycles. The van der Waals surface area contributed by atoms with Crippen molar-refractivity contribution >= 4 is 21.8 Å². The molecule has 28 heavy (non-hydrogen) atoms. The van der Waals surface area contributed by atoms with Crippen LogP contribution in [-0.2, 0) is 19.7 Å². The van der Waals surface area contributed by atoms with E-state index in [4.69, 9.17) is 4.74 Å². The average Bonchev–Trinajstić information content (AvgIpc) is 3.06. The van der Waals surface area contributed by atoms with Crippen molar-refractivity contribution in [3.63, 3.8) is 0 Å². The van der Waals surface area contributed by atoms with Crippen LogP contribution >= 0.6 is 15.9 Å². The van der Waals surface area contributed by atoms with Gasteiger partial charge in [-0.25, -0.2) is 0 Å².